The van der Waals surface area contributed by atoms with E-state index < -0.39 is 53.4 Å². The van der Waals surface area contributed by atoms with E-state index in [4.69, 9.17) is 9.68 Å². The molecule has 0 amide bonds. The molecule has 0 spiro atoms. The van der Waals surface area contributed by atoms with Crippen molar-refractivity contribution in [3.63, 3.8) is 0 Å². The third-order valence-electron chi connectivity index (χ3n) is 4.39. The quantitative estimate of drug-likeness (QED) is 0.361. The lowest BCUT2D eigenvalue weighted by Crippen LogP contribution is -2.34. The fourth-order valence-corrected chi connectivity index (χ4v) is 3.42. The Morgan fingerprint density at radius 2 is 1.73 bits per heavy atom. The SMILES string of the molecule is C[S+]([O-])c1ccc(-c2nnc(CN(CC(F)(F)F)c3ccc(C#N)c(C(F)(F)F)c3)o2)cc1. The smallest absolute Gasteiger partial charge is 0.417 e. The van der Waals surface area contributed by atoms with Crippen LogP contribution in [0, 0.1) is 11.3 Å². The highest BCUT2D eigenvalue weighted by Crippen LogP contribution is 2.35. The molecular weight excluding hydrogens is 474 g/mol. The van der Waals surface area contributed by atoms with Gasteiger partial charge in [0, 0.05) is 11.3 Å². The molecule has 6 nitrogen and oxygen atoms in total. The van der Waals surface area contributed by atoms with Crippen LogP contribution in [0.15, 0.2) is 51.8 Å². The van der Waals surface area contributed by atoms with Gasteiger partial charge in [0.25, 0.3) is 0 Å². The van der Waals surface area contributed by atoms with Gasteiger partial charge in [-0.15, -0.1) is 10.2 Å². The average Bonchev–Trinajstić information content (AvgIpc) is 3.20. The topological polar surface area (TPSA) is 89.0 Å². The van der Waals surface area contributed by atoms with Gasteiger partial charge in [0.2, 0.25) is 11.8 Å². The van der Waals surface area contributed by atoms with Crippen LogP contribution in [-0.2, 0) is 23.9 Å². The molecule has 2 aromatic carbocycles. The van der Waals surface area contributed by atoms with Crippen LogP contribution >= 0.6 is 0 Å². The molecule has 0 aliphatic rings. The monoisotopic (exact) mass is 488 g/mol. The summed E-state index contributed by atoms with van der Waals surface area (Å²) >= 11 is -1.22. The van der Waals surface area contributed by atoms with Crippen LogP contribution in [0.2, 0.25) is 0 Å². The largest absolute Gasteiger partial charge is 0.612 e. The number of rotatable bonds is 6. The molecule has 0 radical (unpaired) electrons. The average molecular weight is 488 g/mol. The molecule has 0 bridgehead atoms. The summed E-state index contributed by atoms with van der Waals surface area (Å²) in [5, 5.41) is 16.4. The number of halogens is 6. The summed E-state index contributed by atoms with van der Waals surface area (Å²) in [5.41, 5.74) is -2.07. The molecule has 33 heavy (non-hydrogen) atoms. The normalized spacial score (nSPS) is 12.9. The van der Waals surface area contributed by atoms with Gasteiger partial charge < -0.3 is 13.9 Å². The number of nitriles is 1. The van der Waals surface area contributed by atoms with Gasteiger partial charge in [0.05, 0.1) is 23.7 Å². The van der Waals surface area contributed by atoms with Gasteiger partial charge in [0.15, 0.2) is 4.90 Å². The molecule has 174 valence electrons. The standard InChI is InChI=1S/C20H14F6N4O2S/c1-33(31)15-6-3-12(4-7-15)18-29-28-17(32-18)10-30(11-19(21,22)23)14-5-2-13(9-27)16(8-14)20(24,25)26/h2-8H,10-11H2,1H3. The molecule has 1 atom stereocenters. The molecule has 0 fully saturated rings. The van der Waals surface area contributed by atoms with Gasteiger partial charge in [-0.1, -0.05) is 0 Å². The summed E-state index contributed by atoms with van der Waals surface area (Å²) in [6.45, 7) is -2.22. The fraction of sp³-hybridized carbons (Fsp3) is 0.250. The van der Waals surface area contributed by atoms with Crippen molar-refractivity contribution in [2.24, 2.45) is 0 Å². The van der Waals surface area contributed by atoms with Crippen LogP contribution in [0.3, 0.4) is 0 Å². The molecule has 1 heterocycles. The third-order valence-corrected chi connectivity index (χ3v) is 5.33. The van der Waals surface area contributed by atoms with E-state index in [0.717, 1.165) is 12.1 Å². The first-order valence-electron chi connectivity index (χ1n) is 9.06. The van der Waals surface area contributed by atoms with Crippen molar-refractivity contribution in [2.45, 2.75) is 23.8 Å². The molecule has 1 aromatic heterocycles. The number of alkyl halides is 6. The van der Waals surface area contributed by atoms with Crippen LogP contribution in [0.5, 0.6) is 0 Å². The van der Waals surface area contributed by atoms with Gasteiger partial charge in [-0.25, -0.2) is 0 Å². The minimum atomic E-state index is -4.93. The van der Waals surface area contributed by atoms with Gasteiger partial charge in [0.1, 0.15) is 12.8 Å². The van der Waals surface area contributed by atoms with Gasteiger partial charge >= 0.3 is 12.4 Å². The van der Waals surface area contributed by atoms with Gasteiger partial charge in [-0.3, -0.25) is 0 Å². The van der Waals surface area contributed by atoms with E-state index in [0.29, 0.717) is 21.4 Å². The molecule has 13 heteroatoms. The van der Waals surface area contributed by atoms with Crippen molar-refractivity contribution in [1.29, 1.82) is 5.26 Å². The van der Waals surface area contributed by atoms with Gasteiger partial charge in [-0.2, -0.15) is 31.6 Å². The lowest BCUT2D eigenvalue weighted by atomic mass is 10.1. The summed E-state index contributed by atoms with van der Waals surface area (Å²) in [4.78, 5) is 1.13. The number of hydrogen-bond acceptors (Lipinski definition) is 6. The predicted molar refractivity (Wildman–Crippen MR) is 105 cm³/mol. The van der Waals surface area contributed by atoms with Crippen molar-refractivity contribution in [3.05, 3.63) is 59.5 Å². The molecule has 0 saturated carbocycles. The zero-order valence-corrected chi connectivity index (χ0v) is 17.6. The maximum Gasteiger partial charge on any atom is 0.417 e. The first-order valence-corrected chi connectivity index (χ1v) is 10.6. The molecule has 3 aromatic rings. The molecule has 0 aliphatic heterocycles. The lowest BCUT2D eigenvalue weighted by Gasteiger charge is -2.25. The highest BCUT2D eigenvalue weighted by atomic mass is 32.2. The molecule has 3 rings (SSSR count). The Hall–Kier alpha value is -3.24. The fourth-order valence-electron chi connectivity index (χ4n) is 2.90. The third kappa shape index (κ3) is 6.17. The summed E-state index contributed by atoms with van der Waals surface area (Å²) in [6.07, 6.45) is -8.19. The van der Waals surface area contributed by atoms with Crippen molar-refractivity contribution in [3.8, 4) is 17.5 Å². The molecule has 1 unspecified atom stereocenters. The maximum absolute atomic E-state index is 13.3. The Morgan fingerprint density at radius 1 is 1.06 bits per heavy atom. The second-order valence-corrected chi connectivity index (χ2v) is 8.17. The summed E-state index contributed by atoms with van der Waals surface area (Å²) in [5.74, 6) is -0.295. The first-order chi connectivity index (χ1) is 15.4. The Kier molecular flexibility index (Phi) is 6.89. The highest BCUT2D eigenvalue weighted by Gasteiger charge is 2.36. The number of aromatic nitrogens is 2. The van der Waals surface area contributed by atoms with E-state index in [1.54, 1.807) is 12.1 Å². The van der Waals surface area contributed by atoms with Crippen LogP contribution in [0.25, 0.3) is 11.5 Å². The Balaban J connectivity index is 1.92. The molecular formula is C20H14F6N4O2S. The second kappa shape index (κ2) is 9.32. The number of hydrogen-bond donors (Lipinski definition) is 0. The minimum absolute atomic E-state index is 0.0267. The zero-order chi connectivity index (χ0) is 24.4. The van der Waals surface area contributed by atoms with Crippen LogP contribution in [0.1, 0.15) is 17.0 Å². The van der Waals surface area contributed by atoms with E-state index in [-0.39, 0.29) is 11.8 Å². The Bertz CT molecular complexity index is 1150. The second-order valence-electron chi connectivity index (χ2n) is 6.79. The summed E-state index contributed by atoms with van der Waals surface area (Å²) < 4.78 is 96.1. The first kappa shape index (κ1) is 24.4. The number of anilines is 1. The van der Waals surface area contributed by atoms with Crippen LogP contribution in [0.4, 0.5) is 32.0 Å². The molecule has 0 aliphatic carbocycles. The predicted octanol–water partition coefficient (Wildman–Crippen LogP) is 4.93. The van der Waals surface area contributed by atoms with E-state index >= 15 is 0 Å². The summed E-state index contributed by atoms with van der Waals surface area (Å²) in [6, 6.07) is 9.84. The number of nitrogens with zero attached hydrogens (tertiary/aromatic N) is 4. The van der Waals surface area contributed by atoms with Crippen molar-refractivity contribution in [2.75, 3.05) is 17.7 Å². The van der Waals surface area contributed by atoms with E-state index in [1.165, 1.54) is 24.5 Å². The molecule has 0 saturated heterocycles. The minimum Gasteiger partial charge on any atom is -0.612 e. The van der Waals surface area contributed by atoms with Crippen molar-refractivity contribution >= 4 is 16.9 Å². The van der Waals surface area contributed by atoms with Crippen LogP contribution < -0.4 is 4.90 Å². The van der Waals surface area contributed by atoms with Gasteiger partial charge in [-0.05, 0) is 53.6 Å². The van der Waals surface area contributed by atoms with Crippen LogP contribution in [-0.4, -0.2) is 33.7 Å². The van der Waals surface area contributed by atoms with Crippen molar-refractivity contribution in [1.82, 2.24) is 10.2 Å². The van der Waals surface area contributed by atoms with E-state index in [1.807, 2.05) is 0 Å². The Labute approximate surface area is 186 Å². The van der Waals surface area contributed by atoms with E-state index in [9.17, 15) is 30.9 Å². The van der Waals surface area contributed by atoms with E-state index in [2.05, 4.69) is 10.2 Å². The lowest BCUT2D eigenvalue weighted by molar-refractivity contribution is -0.137. The Morgan fingerprint density at radius 3 is 2.27 bits per heavy atom. The highest BCUT2D eigenvalue weighted by molar-refractivity contribution is 7.90. The maximum atomic E-state index is 13.3. The molecule has 0 N–H and O–H groups in total. The summed E-state index contributed by atoms with van der Waals surface area (Å²) in [7, 11) is 0. The zero-order valence-electron chi connectivity index (χ0n) is 16.7. The van der Waals surface area contributed by atoms with Crippen molar-refractivity contribution < 1.29 is 35.3 Å². The number of benzene rings is 2.